The lowest BCUT2D eigenvalue weighted by Gasteiger charge is -2.55. The van der Waals surface area contributed by atoms with Crippen LogP contribution in [0.1, 0.15) is 113 Å². The predicted octanol–water partition coefficient (Wildman–Crippen LogP) is 8.68. The highest BCUT2D eigenvalue weighted by atomic mass is 15.2. The third-order valence-corrected chi connectivity index (χ3v) is 12.7. The van der Waals surface area contributed by atoms with E-state index in [9.17, 15) is 0 Å². The molecule has 1 saturated heterocycles. The van der Waals surface area contributed by atoms with Gasteiger partial charge in [0, 0.05) is 24.7 Å². The Balaban J connectivity index is 1.48. The van der Waals surface area contributed by atoms with E-state index in [1.54, 1.807) is 11.1 Å². The van der Waals surface area contributed by atoms with E-state index in [0.717, 1.165) is 48.3 Å². The third kappa shape index (κ3) is 3.78. The molecule has 0 aromatic heterocycles. The van der Waals surface area contributed by atoms with E-state index in [0.29, 0.717) is 22.2 Å². The quantitative estimate of drug-likeness (QED) is 0.402. The SMILES string of the molecule is CCCN1CC(C)CC(C)C1[C@@H](C)C1(C)CCC2C(=C1C)CC1C3(C)CCC(=N)CC3=CCC21C. The molecule has 8 unspecified atom stereocenters. The van der Waals surface area contributed by atoms with Crippen LogP contribution in [0.5, 0.6) is 0 Å². The van der Waals surface area contributed by atoms with Crippen LogP contribution >= 0.6 is 0 Å². The smallest absolute Gasteiger partial charge is 0.0155 e. The van der Waals surface area contributed by atoms with Crippen molar-refractivity contribution in [2.75, 3.05) is 13.1 Å². The maximum atomic E-state index is 8.35. The van der Waals surface area contributed by atoms with Gasteiger partial charge in [0.25, 0.3) is 0 Å². The second-order valence-electron chi connectivity index (χ2n) is 14.6. The van der Waals surface area contributed by atoms with Crippen molar-refractivity contribution in [3.63, 3.8) is 0 Å². The lowest BCUT2D eigenvalue weighted by molar-refractivity contribution is -0.00973. The Kier molecular flexibility index (Phi) is 6.51. The molecule has 1 heterocycles. The maximum absolute atomic E-state index is 8.35. The summed E-state index contributed by atoms with van der Waals surface area (Å²) in [4.78, 5) is 2.89. The molecule has 5 aliphatic rings. The summed E-state index contributed by atoms with van der Waals surface area (Å²) in [6.45, 7) is 23.0. The lowest BCUT2D eigenvalue weighted by atomic mass is 9.51. The summed E-state index contributed by atoms with van der Waals surface area (Å²) in [5.74, 6) is 3.88. The maximum Gasteiger partial charge on any atom is 0.0155 e. The minimum Gasteiger partial charge on any atom is -0.309 e. The molecule has 2 heteroatoms. The Morgan fingerprint density at radius 2 is 1.91 bits per heavy atom. The minimum atomic E-state index is 0.316. The number of likely N-dealkylation sites (tertiary alicyclic amines) is 1. The fourth-order valence-electron chi connectivity index (χ4n) is 10.5. The molecule has 2 saturated carbocycles. The van der Waals surface area contributed by atoms with Crippen LogP contribution in [0.15, 0.2) is 22.8 Å². The number of piperidine rings is 1. The van der Waals surface area contributed by atoms with Crippen molar-refractivity contribution < 1.29 is 0 Å². The Bertz CT molecular complexity index is 927. The summed E-state index contributed by atoms with van der Waals surface area (Å²) in [5.41, 5.74) is 7.30. The van der Waals surface area contributed by atoms with Gasteiger partial charge in [0.15, 0.2) is 0 Å². The zero-order chi connectivity index (χ0) is 25.3. The number of rotatable bonds is 4. The summed E-state index contributed by atoms with van der Waals surface area (Å²) >= 11 is 0. The first-order chi connectivity index (χ1) is 16.5. The number of allylic oxidation sites excluding steroid dienone is 4. The molecule has 0 bridgehead atoms. The van der Waals surface area contributed by atoms with E-state index in [4.69, 9.17) is 5.41 Å². The van der Waals surface area contributed by atoms with E-state index in [-0.39, 0.29) is 0 Å². The summed E-state index contributed by atoms with van der Waals surface area (Å²) in [6.07, 6.45) is 13.8. The number of hydrogen-bond acceptors (Lipinski definition) is 2. The predicted molar refractivity (Wildman–Crippen MR) is 150 cm³/mol. The lowest BCUT2D eigenvalue weighted by Crippen LogP contribution is -2.55. The van der Waals surface area contributed by atoms with E-state index < -0.39 is 0 Å². The van der Waals surface area contributed by atoms with Gasteiger partial charge in [-0.2, -0.15) is 0 Å². The van der Waals surface area contributed by atoms with Gasteiger partial charge < -0.3 is 5.41 Å². The fourth-order valence-corrected chi connectivity index (χ4v) is 10.5. The normalized spacial score (nSPS) is 47.1. The first-order valence-electron chi connectivity index (χ1n) is 15.2. The highest BCUT2D eigenvalue weighted by Gasteiger charge is 2.61. The van der Waals surface area contributed by atoms with Gasteiger partial charge >= 0.3 is 0 Å². The van der Waals surface area contributed by atoms with Crippen molar-refractivity contribution in [2.45, 2.75) is 119 Å². The summed E-state index contributed by atoms with van der Waals surface area (Å²) in [5, 5.41) is 8.35. The van der Waals surface area contributed by atoms with Crippen molar-refractivity contribution in [1.29, 1.82) is 5.41 Å². The highest BCUT2D eigenvalue weighted by Crippen LogP contribution is 2.69. The summed E-state index contributed by atoms with van der Waals surface area (Å²) in [6, 6.07) is 0.720. The fraction of sp³-hybridized carbons (Fsp3) is 0.848. The van der Waals surface area contributed by atoms with Crippen LogP contribution in [-0.2, 0) is 0 Å². The summed E-state index contributed by atoms with van der Waals surface area (Å²) < 4.78 is 0. The topological polar surface area (TPSA) is 27.1 Å². The monoisotopic (exact) mass is 478 g/mol. The van der Waals surface area contributed by atoms with Gasteiger partial charge in [-0.05, 0) is 111 Å². The molecule has 1 N–H and O–H groups in total. The Labute approximate surface area is 216 Å². The van der Waals surface area contributed by atoms with Crippen LogP contribution in [0, 0.1) is 51.2 Å². The molecule has 0 aromatic rings. The molecule has 2 nitrogen and oxygen atoms in total. The van der Waals surface area contributed by atoms with Gasteiger partial charge in [0.05, 0.1) is 0 Å². The van der Waals surface area contributed by atoms with Crippen molar-refractivity contribution in [3.8, 4) is 0 Å². The van der Waals surface area contributed by atoms with E-state index in [1.165, 1.54) is 58.0 Å². The molecule has 9 atom stereocenters. The molecule has 5 rings (SSSR count). The molecule has 0 aromatic carbocycles. The molecule has 35 heavy (non-hydrogen) atoms. The van der Waals surface area contributed by atoms with Gasteiger partial charge in [0.1, 0.15) is 0 Å². The molecular formula is C33H54N2. The standard InChI is InChI=1S/C33H54N2/c1-9-16-35-20-21(2)17-22(3)30(35)24(5)31(6)15-12-28-27(23(31)4)19-29-32(7)14-11-26(34)18-25(32)10-13-33(28,29)8/h10,21-22,24,28-30,34H,9,11-20H2,1-8H3/t21?,22?,24-,28?,29?,30?,31?,32?,33?/m1/s1. The van der Waals surface area contributed by atoms with Gasteiger partial charge in [-0.1, -0.05) is 71.3 Å². The van der Waals surface area contributed by atoms with E-state index >= 15 is 0 Å². The highest BCUT2D eigenvalue weighted by molar-refractivity contribution is 5.85. The zero-order valence-corrected chi connectivity index (χ0v) is 24.3. The van der Waals surface area contributed by atoms with Crippen LogP contribution in [0.3, 0.4) is 0 Å². The minimum absolute atomic E-state index is 0.316. The van der Waals surface area contributed by atoms with E-state index in [2.05, 4.69) is 66.4 Å². The molecule has 1 aliphatic heterocycles. The second-order valence-corrected chi connectivity index (χ2v) is 14.6. The van der Waals surface area contributed by atoms with Crippen molar-refractivity contribution in [3.05, 3.63) is 22.8 Å². The van der Waals surface area contributed by atoms with Gasteiger partial charge in [0.2, 0.25) is 0 Å². The van der Waals surface area contributed by atoms with E-state index in [1.807, 2.05) is 5.57 Å². The number of nitrogens with zero attached hydrogens (tertiary/aromatic N) is 1. The van der Waals surface area contributed by atoms with Crippen molar-refractivity contribution in [2.24, 2.45) is 45.8 Å². The Hall–Kier alpha value is -0.890. The first kappa shape index (κ1) is 25.7. The average molecular weight is 479 g/mol. The van der Waals surface area contributed by atoms with Crippen molar-refractivity contribution in [1.82, 2.24) is 4.90 Å². The zero-order valence-electron chi connectivity index (χ0n) is 24.3. The van der Waals surface area contributed by atoms with Crippen LogP contribution in [-0.4, -0.2) is 29.7 Å². The Morgan fingerprint density at radius 3 is 2.63 bits per heavy atom. The third-order valence-electron chi connectivity index (χ3n) is 12.7. The molecule has 0 radical (unpaired) electrons. The van der Waals surface area contributed by atoms with Gasteiger partial charge in [-0.25, -0.2) is 0 Å². The van der Waals surface area contributed by atoms with Crippen LogP contribution < -0.4 is 0 Å². The van der Waals surface area contributed by atoms with Crippen LogP contribution in [0.4, 0.5) is 0 Å². The molecular weight excluding hydrogens is 424 g/mol. The Morgan fingerprint density at radius 1 is 1.17 bits per heavy atom. The van der Waals surface area contributed by atoms with Gasteiger partial charge in [-0.15, -0.1) is 0 Å². The number of hydrogen-bond donors (Lipinski definition) is 1. The average Bonchev–Trinajstić information content (AvgIpc) is 3.11. The van der Waals surface area contributed by atoms with Gasteiger partial charge in [-0.3, -0.25) is 4.90 Å². The molecule has 196 valence electrons. The summed E-state index contributed by atoms with van der Waals surface area (Å²) in [7, 11) is 0. The number of fused-ring (bicyclic) bond motifs is 5. The molecule has 0 amide bonds. The molecule has 3 fully saturated rings. The second kappa shape index (κ2) is 8.85. The van der Waals surface area contributed by atoms with Crippen LogP contribution in [0.2, 0.25) is 0 Å². The number of nitrogens with one attached hydrogen (secondary N) is 1. The van der Waals surface area contributed by atoms with Crippen molar-refractivity contribution >= 4 is 5.71 Å². The molecule has 0 spiro atoms. The molecule has 4 aliphatic carbocycles. The van der Waals surface area contributed by atoms with Crippen LogP contribution in [0.25, 0.3) is 0 Å². The largest absolute Gasteiger partial charge is 0.309 e. The first-order valence-corrected chi connectivity index (χ1v) is 15.2.